The number of hydrogen-bond acceptors (Lipinski definition) is 3. The summed E-state index contributed by atoms with van der Waals surface area (Å²) in [6, 6.07) is 2.69. The number of nitrogens with one attached hydrogen (secondary N) is 2. The minimum Gasteiger partial charge on any atom is -0.399 e. The molecule has 1 aromatic rings. The van der Waals surface area contributed by atoms with E-state index < -0.39 is 5.91 Å². The number of halogens is 2. The van der Waals surface area contributed by atoms with Crippen molar-refractivity contribution < 1.29 is 9.59 Å². The molecule has 7 heteroatoms. The van der Waals surface area contributed by atoms with Crippen LogP contribution in [0.25, 0.3) is 0 Å². The van der Waals surface area contributed by atoms with Crippen molar-refractivity contribution in [1.29, 1.82) is 0 Å². The molecule has 1 heterocycles. The standard InChI is InChI=1S/C11H11Cl2N3O2/c12-8-2-5(14)1-7(10(8)13)11(18)16-6-3-9(17)15-4-6/h1-2,6H,3-4,14H2,(H,15,17)(H,16,18). The van der Waals surface area contributed by atoms with E-state index in [1.165, 1.54) is 12.1 Å². The first-order chi connectivity index (χ1) is 8.47. The minimum absolute atomic E-state index is 0.0861. The van der Waals surface area contributed by atoms with E-state index in [9.17, 15) is 9.59 Å². The SMILES string of the molecule is Nc1cc(Cl)c(Cl)c(C(=O)NC2CNC(=O)C2)c1. The van der Waals surface area contributed by atoms with E-state index in [1.807, 2.05) is 0 Å². The van der Waals surface area contributed by atoms with Gasteiger partial charge in [-0.2, -0.15) is 0 Å². The smallest absolute Gasteiger partial charge is 0.253 e. The van der Waals surface area contributed by atoms with Crippen molar-refractivity contribution in [2.24, 2.45) is 0 Å². The van der Waals surface area contributed by atoms with Crippen LogP contribution >= 0.6 is 23.2 Å². The molecule has 0 saturated carbocycles. The van der Waals surface area contributed by atoms with Gasteiger partial charge in [-0.25, -0.2) is 0 Å². The van der Waals surface area contributed by atoms with Crippen molar-refractivity contribution >= 4 is 40.7 Å². The highest BCUT2D eigenvalue weighted by atomic mass is 35.5. The Morgan fingerprint density at radius 1 is 1.44 bits per heavy atom. The molecule has 0 aromatic heterocycles. The average molecular weight is 288 g/mol. The van der Waals surface area contributed by atoms with Gasteiger partial charge in [0.25, 0.3) is 5.91 Å². The summed E-state index contributed by atoms with van der Waals surface area (Å²) in [4.78, 5) is 23.0. The quantitative estimate of drug-likeness (QED) is 0.715. The van der Waals surface area contributed by atoms with Gasteiger partial charge in [0, 0.05) is 18.7 Å². The summed E-state index contributed by atoms with van der Waals surface area (Å²) in [5, 5.41) is 5.70. The molecule has 0 radical (unpaired) electrons. The first-order valence-corrected chi connectivity index (χ1v) is 6.05. The summed E-state index contributed by atoms with van der Waals surface area (Å²) in [5.41, 5.74) is 6.17. The summed E-state index contributed by atoms with van der Waals surface area (Å²) in [6.07, 6.45) is 0.263. The van der Waals surface area contributed by atoms with Crippen LogP contribution in [-0.4, -0.2) is 24.4 Å². The first-order valence-electron chi connectivity index (χ1n) is 5.29. The lowest BCUT2D eigenvalue weighted by molar-refractivity contribution is -0.119. The van der Waals surface area contributed by atoms with E-state index in [0.717, 1.165) is 0 Å². The molecule has 0 bridgehead atoms. The van der Waals surface area contributed by atoms with E-state index in [1.54, 1.807) is 0 Å². The van der Waals surface area contributed by atoms with Gasteiger partial charge >= 0.3 is 0 Å². The Morgan fingerprint density at radius 2 is 2.17 bits per heavy atom. The normalized spacial score (nSPS) is 18.6. The highest BCUT2D eigenvalue weighted by Crippen LogP contribution is 2.28. The molecule has 96 valence electrons. The molecule has 2 rings (SSSR count). The molecule has 18 heavy (non-hydrogen) atoms. The molecule has 1 aliphatic heterocycles. The second kappa shape index (κ2) is 5.04. The Hall–Kier alpha value is -1.46. The van der Waals surface area contributed by atoms with Crippen LogP contribution in [0.15, 0.2) is 12.1 Å². The number of anilines is 1. The number of amides is 2. The first kappa shape index (κ1) is 13.0. The van der Waals surface area contributed by atoms with Gasteiger partial charge in [-0.05, 0) is 12.1 Å². The molecule has 0 spiro atoms. The Labute approximate surface area is 114 Å². The van der Waals surface area contributed by atoms with Crippen LogP contribution in [0.5, 0.6) is 0 Å². The molecular formula is C11H11Cl2N3O2. The molecule has 4 N–H and O–H groups in total. The van der Waals surface area contributed by atoms with Crippen molar-refractivity contribution in [3.8, 4) is 0 Å². The van der Waals surface area contributed by atoms with E-state index in [0.29, 0.717) is 12.2 Å². The molecule has 1 aromatic carbocycles. The van der Waals surface area contributed by atoms with Gasteiger partial charge in [0.2, 0.25) is 5.91 Å². The summed E-state index contributed by atoms with van der Waals surface area (Å²) in [5.74, 6) is -0.479. The zero-order chi connectivity index (χ0) is 13.3. The number of hydrogen-bond donors (Lipinski definition) is 3. The molecular weight excluding hydrogens is 277 g/mol. The molecule has 1 aliphatic rings. The number of nitrogens with two attached hydrogens (primary N) is 1. The average Bonchev–Trinajstić information content (AvgIpc) is 2.69. The van der Waals surface area contributed by atoms with Crippen LogP contribution in [-0.2, 0) is 4.79 Å². The number of nitrogen functional groups attached to an aromatic ring is 1. The number of carbonyl (C=O) groups excluding carboxylic acids is 2. The van der Waals surface area contributed by atoms with Crippen LogP contribution in [0.3, 0.4) is 0 Å². The maximum Gasteiger partial charge on any atom is 0.253 e. The van der Waals surface area contributed by atoms with Gasteiger partial charge in [-0.3, -0.25) is 9.59 Å². The van der Waals surface area contributed by atoms with Crippen LogP contribution in [0.1, 0.15) is 16.8 Å². The monoisotopic (exact) mass is 287 g/mol. The van der Waals surface area contributed by atoms with Crippen molar-refractivity contribution in [1.82, 2.24) is 10.6 Å². The van der Waals surface area contributed by atoms with Gasteiger partial charge < -0.3 is 16.4 Å². The molecule has 1 fully saturated rings. The van der Waals surface area contributed by atoms with Gasteiger partial charge in [0.15, 0.2) is 0 Å². The van der Waals surface area contributed by atoms with E-state index in [-0.39, 0.29) is 34.0 Å². The molecule has 5 nitrogen and oxygen atoms in total. The molecule has 2 amide bonds. The summed E-state index contributed by atoms with van der Waals surface area (Å²) < 4.78 is 0. The molecule has 0 aliphatic carbocycles. The third-order valence-corrected chi connectivity index (χ3v) is 3.41. The summed E-state index contributed by atoms with van der Waals surface area (Å²) in [6.45, 7) is 0.415. The van der Waals surface area contributed by atoms with E-state index >= 15 is 0 Å². The lowest BCUT2D eigenvalue weighted by Gasteiger charge is -2.12. The Kier molecular flexibility index (Phi) is 3.63. The van der Waals surface area contributed by atoms with E-state index in [4.69, 9.17) is 28.9 Å². The Morgan fingerprint density at radius 3 is 2.78 bits per heavy atom. The van der Waals surface area contributed by atoms with Crippen molar-refractivity contribution in [2.45, 2.75) is 12.5 Å². The zero-order valence-electron chi connectivity index (χ0n) is 9.30. The van der Waals surface area contributed by atoms with Crippen LogP contribution in [0.2, 0.25) is 10.0 Å². The predicted octanol–water partition coefficient (Wildman–Crippen LogP) is 1.19. The lowest BCUT2D eigenvalue weighted by Crippen LogP contribution is -2.36. The van der Waals surface area contributed by atoms with Crippen molar-refractivity contribution in [3.05, 3.63) is 27.7 Å². The summed E-state index contributed by atoms with van der Waals surface area (Å²) >= 11 is 11.8. The maximum absolute atomic E-state index is 12.0. The third kappa shape index (κ3) is 2.68. The third-order valence-electron chi connectivity index (χ3n) is 2.61. The predicted molar refractivity (Wildman–Crippen MR) is 69.8 cm³/mol. The fourth-order valence-electron chi connectivity index (χ4n) is 1.75. The fraction of sp³-hybridized carbons (Fsp3) is 0.273. The van der Waals surface area contributed by atoms with Crippen LogP contribution < -0.4 is 16.4 Å². The van der Waals surface area contributed by atoms with Crippen LogP contribution in [0, 0.1) is 0 Å². The fourth-order valence-corrected chi connectivity index (χ4v) is 2.17. The maximum atomic E-state index is 12.0. The second-order valence-corrected chi connectivity index (χ2v) is 4.83. The minimum atomic E-state index is -0.393. The van der Waals surface area contributed by atoms with Crippen LogP contribution in [0.4, 0.5) is 5.69 Å². The summed E-state index contributed by atoms with van der Waals surface area (Å²) in [7, 11) is 0. The largest absolute Gasteiger partial charge is 0.399 e. The molecule has 1 atom stereocenters. The number of carbonyl (C=O) groups is 2. The van der Waals surface area contributed by atoms with Crippen molar-refractivity contribution in [2.75, 3.05) is 12.3 Å². The highest BCUT2D eigenvalue weighted by Gasteiger charge is 2.24. The highest BCUT2D eigenvalue weighted by molar-refractivity contribution is 6.44. The van der Waals surface area contributed by atoms with Crippen molar-refractivity contribution in [3.63, 3.8) is 0 Å². The lowest BCUT2D eigenvalue weighted by atomic mass is 10.1. The van der Waals surface area contributed by atoms with Gasteiger partial charge in [-0.15, -0.1) is 0 Å². The number of rotatable bonds is 2. The topological polar surface area (TPSA) is 84.2 Å². The zero-order valence-corrected chi connectivity index (χ0v) is 10.8. The Bertz CT molecular complexity index is 519. The number of benzene rings is 1. The Balaban J connectivity index is 2.16. The van der Waals surface area contributed by atoms with E-state index in [2.05, 4.69) is 10.6 Å². The molecule has 1 saturated heterocycles. The van der Waals surface area contributed by atoms with Gasteiger partial charge in [0.1, 0.15) is 0 Å². The van der Waals surface area contributed by atoms with Gasteiger partial charge in [-0.1, -0.05) is 23.2 Å². The molecule has 1 unspecified atom stereocenters. The van der Waals surface area contributed by atoms with Gasteiger partial charge in [0.05, 0.1) is 21.7 Å². The second-order valence-electron chi connectivity index (χ2n) is 4.04.